The summed E-state index contributed by atoms with van der Waals surface area (Å²) in [6.07, 6.45) is 2.39. The predicted octanol–water partition coefficient (Wildman–Crippen LogP) is -0.991. The molecular formula is C9H16N2O3. The lowest BCUT2D eigenvalue weighted by atomic mass is 9.96. The van der Waals surface area contributed by atoms with Crippen LogP contribution < -0.4 is 11.1 Å². The molecule has 14 heavy (non-hydrogen) atoms. The average molecular weight is 200 g/mol. The Morgan fingerprint density at radius 1 is 1.57 bits per heavy atom. The van der Waals surface area contributed by atoms with Gasteiger partial charge in [-0.2, -0.15) is 0 Å². The van der Waals surface area contributed by atoms with Gasteiger partial charge in [0.2, 0.25) is 5.91 Å². The van der Waals surface area contributed by atoms with E-state index < -0.39 is 5.54 Å². The van der Waals surface area contributed by atoms with Crippen molar-refractivity contribution in [2.24, 2.45) is 5.73 Å². The molecule has 0 aromatic rings. The number of ether oxygens (including phenoxy) is 2. The molecule has 3 N–H and O–H groups in total. The van der Waals surface area contributed by atoms with Crippen LogP contribution in [0.3, 0.4) is 0 Å². The molecule has 0 radical (unpaired) electrons. The van der Waals surface area contributed by atoms with Crippen LogP contribution in [0, 0.1) is 0 Å². The normalized spacial score (nSPS) is 29.9. The predicted molar refractivity (Wildman–Crippen MR) is 49.7 cm³/mol. The van der Waals surface area contributed by atoms with Crippen molar-refractivity contribution in [3.63, 3.8) is 0 Å². The molecule has 0 spiro atoms. The summed E-state index contributed by atoms with van der Waals surface area (Å²) in [5, 5.41) is 3.15. The molecule has 5 heteroatoms. The summed E-state index contributed by atoms with van der Waals surface area (Å²) in [5.74, 6) is -0.332. The van der Waals surface area contributed by atoms with Crippen LogP contribution in [0.2, 0.25) is 0 Å². The van der Waals surface area contributed by atoms with Gasteiger partial charge < -0.3 is 15.2 Å². The van der Waals surface area contributed by atoms with Crippen molar-refractivity contribution in [2.45, 2.75) is 24.5 Å². The van der Waals surface area contributed by atoms with Gasteiger partial charge in [-0.15, -0.1) is 0 Å². The minimum atomic E-state index is -0.633. The molecule has 2 aliphatic heterocycles. The van der Waals surface area contributed by atoms with Crippen molar-refractivity contribution in [2.75, 3.05) is 26.4 Å². The summed E-state index contributed by atoms with van der Waals surface area (Å²) in [6.45, 7) is 2.28. The molecular weight excluding hydrogens is 184 g/mol. The number of nitrogens with two attached hydrogens (primary N) is 1. The fraction of sp³-hybridized carbons (Fsp3) is 0.889. The highest BCUT2D eigenvalue weighted by Gasteiger charge is 2.44. The van der Waals surface area contributed by atoms with E-state index in [1.165, 1.54) is 0 Å². The number of hydrogen-bond donors (Lipinski definition) is 2. The molecule has 0 aromatic carbocycles. The third-order valence-corrected chi connectivity index (χ3v) is 2.86. The maximum absolute atomic E-state index is 11.1. The SMILES string of the molecule is NC(=O)C1(NCC2CCCO2)COC1. The Balaban J connectivity index is 1.80. The zero-order chi connectivity index (χ0) is 10.0. The van der Waals surface area contributed by atoms with Crippen LogP contribution in [-0.2, 0) is 14.3 Å². The van der Waals surface area contributed by atoms with Gasteiger partial charge in [-0.3, -0.25) is 10.1 Å². The van der Waals surface area contributed by atoms with Gasteiger partial charge >= 0.3 is 0 Å². The van der Waals surface area contributed by atoms with Crippen molar-refractivity contribution in [3.8, 4) is 0 Å². The summed E-state index contributed by atoms with van der Waals surface area (Å²) in [6, 6.07) is 0. The van der Waals surface area contributed by atoms with E-state index in [0.717, 1.165) is 19.4 Å². The first-order valence-electron chi connectivity index (χ1n) is 4.97. The maximum Gasteiger partial charge on any atom is 0.242 e. The molecule has 2 saturated heterocycles. The number of carbonyl (C=O) groups excluding carboxylic acids is 1. The van der Waals surface area contributed by atoms with Gasteiger partial charge in [0, 0.05) is 13.2 Å². The molecule has 5 nitrogen and oxygen atoms in total. The number of amides is 1. The minimum Gasteiger partial charge on any atom is -0.377 e. The Bertz CT molecular complexity index is 222. The summed E-state index contributed by atoms with van der Waals surface area (Å²) >= 11 is 0. The van der Waals surface area contributed by atoms with Gasteiger partial charge in [0.25, 0.3) is 0 Å². The molecule has 0 bridgehead atoms. The highest BCUT2D eigenvalue weighted by molar-refractivity contribution is 5.86. The van der Waals surface area contributed by atoms with Gasteiger partial charge in [0.15, 0.2) is 0 Å². The number of rotatable bonds is 4. The standard InChI is InChI=1S/C9H16N2O3/c10-8(12)9(5-13-6-9)11-4-7-2-1-3-14-7/h7,11H,1-6H2,(H2,10,12). The van der Waals surface area contributed by atoms with E-state index in [-0.39, 0.29) is 12.0 Å². The van der Waals surface area contributed by atoms with E-state index in [0.29, 0.717) is 19.8 Å². The largest absolute Gasteiger partial charge is 0.377 e. The minimum absolute atomic E-state index is 0.229. The quantitative estimate of drug-likeness (QED) is 0.611. The van der Waals surface area contributed by atoms with Crippen molar-refractivity contribution in [1.29, 1.82) is 0 Å². The molecule has 2 heterocycles. The Hall–Kier alpha value is -0.650. The van der Waals surface area contributed by atoms with Crippen LogP contribution >= 0.6 is 0 Å². The zero-order valence-corrected chi connectivity index (χ0v) is 8.12. The summed E-state index contributed by atoms with van der Waals surface area (Å²) < 4.78 is 10.5. The first-order chi connectivity index (χ1) is 6.73. The summed E-state index contributed by atoms with van der Waals surface area (Å²) in [7, 11) is 0. The van der Waals surface area contributed by atoms with Gasteiger partial charge in [-0.25, -0.2) is 0 Å². The highest BCUT2D eigenvalue weighted by atomic mass is 16.5. The van der Waals surface area contributed by atoms with Gasteiger partial charge in [-0.05, 0) is 12.8 Å². The number of primary amides is 1. The lowest BCUT2D eigenvalue weighted by Gasteiger charge is -2.39. The molecule has 0 aliphatic carbocycles. The van der Waals surface area contributed by atoms with Crippen LogP contribution in [0.1, 0.15) is 12.8 Å². The topological polar surface area (TPSA) is 73.6 Å². The summed E-state index contributed by atoms with van der Waals surface area (Å²) in [4.78, 5) is 11.1. The first-order valence-corrected chi connectivity index (χ1v) is 4.97. The second-order valence-corrected chi connectivity index (χ2v) is 3.96. The monoisotopic (exact) mass is 200 g/mol. The van der Waals surface area contributed by atoms with Crippen molar-refractivity contribution >= 4 is 5.91 Å². The van der Waals surface area contributed by atoms with E-state index in [9.17, 15) is 4.79 Å². The third-order valence-electron chi connectivity index (χ3n) is 2.86. The highest BCUT2D eigenvalue weighted by Crippen LogP contribution is 2.18. The second kappa shape index (κ2) is 3.84. The molecule has 0 aromatic heterocycles. The fourth-order valence-corrected chi connectivity index (χ4v) is 1.75. The van der Waals surface area contributed by atoms with Gasteiger partial charge in [0.05, 0.1) is 19.3 Å². The zero-order valence-electron chi connectivity index (χ0n) is 8.12. The number of nitrogens with one attached hydrogen (secondary N) is 1. The molecule has 1 amide bonds. The van der Waals surface area contributed by atoms with E-state index in [1.54, 1.807) is 0 Å². The van der Waals surface area contributed by atoms with Crippen LogP contribution in [-0.4, -0.2) is 43.9 Å². The van der Waals surface area contributed by atoms with Crippen LogP contribution in [0.15, 0.2) is 0 Å². The second-order valence-electron chi connectivity index (χ2n) is 3.96. The van der Waals surface area contributed by atoms with E-state index in [4.69, 9.17) is 15.2 Å². The van der Waals surface area contributed by atoms with Crippen molar-refractivity contribution < 1.29 is 14.3 Å². The first kappa shape index (κ1) is 9.89. The van der Waals surface area contributed by atoms with E-state index in [1.807, 2.05) is 0 Å². The van der Waals surface area contributed by atoms with Crippen molar-refractivity contribution in [1.82, 2.24) is 5.32 Å². The van der Waals surface area contributed by atoms with Gasteiger partial charge in [0.1, 0.15) is 5.54 Å². The smallest absolute Gasteiger partial charge is 0.242 e. The Labute approximate surface area is 82.9 Å². The van der Waals surface area contributed by atoms with E-state index in [2.05, 4.69) is 5.32 Å². The Kier molecular flexibility index (Phi) is 2.71. The summed E-state index contributed by atoms with van der Waals surface area (Å²) in [5.41, 5.74) is 4.66. The lowest BCUT2D eigenvalue weighted by Crippen LogP contribution is -2.68. The van der Waals surface area contributed by atoms with E-state index >= 15 is 0 Å². The van der Waals surface area contributed by atoms with Crippen LogP contribution in [0.25, 0.3) is 0 Å². The van der Waals surface area contributed by atoms with Crippen LogP contribution in [0.5, 0.6) is 0 Å². The molecule has 2 fully saturated rings. The lowest BCUT2D eigenvalue weighted by molar-refractivity contribution is -0.145. The van der Waals surface area contributed by atoms with Gasteiger partial charge in [-0.1, -0.05) is 0 Å². The molecule has 1 unspecified atom stereocenters. The van der Waals surface area contributed by atoms with Crippen molar-refractivity contribution in [3.05, 3.63) is 0 Å². The molecule has 2 rings (SSSR count). The average Bonchev–Trinajstić information content (AvgIpc) is 2.53. The van der Waals surface area contributed by atoms with Crippen LogP contribution in [0.4, 0.5) is 0 Å². The molecule has 2 aliphatic rings. The fourth-order valence-electron chi connectivity index (χ4n) is 1.75. The molecule has 1 atom stereocenters. The molecule has 0 saturated carbocycles. The third kappa shape index (κ3) is 1.75. The number of hydrogen-bond acceptors (Lipinski definition) is 4. The molecule has 80 valence electrons. The Morgan fingerprint density at radius 2 is 2.36 bits per heavy atom. The Morgan fingerprint density at radius 3 is 2.79 bits per heavy atom. The maximum atomic E-state index is 11.1. The number of carbonyl (C=O) groups is 1.